The second-order valence-corrected chi connectivity index (χ2v) is 3.09. The first-order valence-corrected chi connectivity index (χ1v) is 4.78. The van der Waals surface area contributed by atoms with Crippen LogP contribution in [0.4, 0.5) is 8.78 Å². The summed E-state index contributed by atoms with van der Waals surface area (Å²) >= 11 is 0. The smallest absolute Gasteiger partial charge is 0.345 e. The van der Waals surface area contributed by atoms with Gasteiger partial charge in [0.05, 0.1) is 28.4 Å². The molecule has 0 aliphatic carbocycles. The van der Waals surface area contributed by atoms with Crippen molar-refractivity contribution < 1.29 is 32.5 Å². The summed E-state index contributed by atoms with van der Waals surface area (Å²) in [4.78, 5) is 11.5. The minimum atomic E-state index is -1.14. The summed E-state index contributed by atoms with van der Waals surface area (Å²) in [6.45, 7) is 0. The van der Waals surface area contributed by atoms with Gasteiger partial charge < -0.3 is 18.9 Å². The van der Waals surface area contributed by atoms with Crippen LogP contribution in [0.15, 0.2) is 0 Å². The molecule has 7 heteroatoms. The number of carbonyl (C=O) groups excluding carboxylic acids is 1. The van der Waals surface area contributed by atoms with Crippen molar-refractivity contribution in [1.82, 2.24) is 0 Å². The van der Waals surface area contributed by atoms with Crippen LogP contribution in [-0.4, -0.2) is 34.4 Å². The summed E-state index contributed by atoms with van der Waals surface area (Å²) in [5.74, 6) is -4.97. The fourth-order valence-corrected chi connectivity index (χ4v) is 1.48. The minimum Gasteiger partial charge on any atom is -0.493 e. The fourth-order valence-electron chi connectivity index (χ4n) is 1.48. The standard InChI is InChI=1S/C11H12F2O5/c1-15-8-5(11(14)18-4)9(16-2)7(13)10(17-3)6(8)12/h1-4H3. The van der Waals surface area contributed by atoms with Crippen LogP contribution < -0.4 is 14.2 Å². The highest BCUT2D eigenvalue weighted by Crippen LogP contribution is 2.41. The zero-order valence-electron chi connectivity index (χ0n) is 10.3. The van der Waals surface area contributed by atoms with Gasteiger partial charge in [-0.2, -0.15) is 8.78 Å². The Labute approximate surface area is 102 Å². The Kier molecular flexibility index (Phi) is 4.30. The van der Waals surface area contributed by atoms with E-state index in [0.717, 1.165) is 28.4 Å². The van der Waals surface area contributed by atoms with Gasteiger partial charge in [0.1, 0.15) is 5.56 Å². The molecule has 0 radical (unpaired) electrons. The maximum atomic E-state index is 13.9. The van der Waals surface area contributed by atoms with Crippen LogP contribution in [-0.2, 0) is 4.74 Å². The first kappa shape index (κ1) is 14.0. The van der Waals surface area contributed by atoms with Gasteiger partial charge in [0.15, 0.2) is 17.2 Å². The van der Waals surface area contributed by atoms with Crippen molar-refractivity contribution in [3.8, 4) is 17.2 Å². The summed E-state index contributed by atoms with van der Waals surface area (Å²) in [5.41, 5.74) is -0.474. The number of rotatable bonds is 4. The number of carbonyl (C=O) groups is 1. The molecule has 0 heterocycles. The van der Waals surface area contributed by atoms with Crippen molar-refractivity contribution in [2.75, 3.05) is 28.4 Å². The largest absolute Gasteiger partial charge is 0.493 e. The van der Waals surface area contributed by atoms with Gasteiger partial charge in [-0.1, -0.05) is 0 Å². The first-order chi connectivity index (χ1) is 8.53. The number of esters is 1. The Bertz CT molecular complexity index is 442. The molecule has 5 nitrogen and oxygen atoms in total. The number of hydrogen-bond acceptors (Lipinski definition) is 5. The number of halogens is 2. The summed E-state index contributed by atoms with van der Waals surface area (Å²) in [6, 6.07) is 0. The molecule has 18 heavy (non-hydrogen) atoms. The van der Waals surface area contributed by atoms with Crippen LogP contribution in [0.5, 0.6) is 17.2 Å². The SMILES string of the molecule is COC(=O)c1c(OC)c(F)c(OC)c(F)c1OC. The van der Waals surface area contributed by atoms with Gasteiger partial charge >= 0.3 is 5.97 Å². The summed E-state index contributed by atoms with van der Waals surface area (Å²) in [6.07, 6.45) is 0. The fraction of sp³-hybridized carbons (Fsp3) is 0.364. The molecule has 0 N–H and O–H groups in total. The Hall–Kier alpha value is -2.05. The van der Waals surface area contributed by atoms with E-state index in [9.17, 15) is 13.6 Å². The van der Waals surface area contributed by atoms with Crippen molar-refractivity contribution in [2.45, 2.75) is 0 Å². The third-order valence-electron chi connectivity index (χ3n) is 2.25. The third-order valence-corrected chi connectivity index (χ3v) is 2.25. The molecule has 0 unspecified atom stereocenters. The van der Waals surface area contributed by atoms with Gasteiger partial charge in [0.2, 0.25) is 11.6 Å². The topological polar surface area (TPSA) is 54.0 Å². The van der Waals surface area contributed by atoms with Crippen molar-refractivity contribution >= 4 is 5.97 Å². The quantitative estimate of drug-likeness (QED) is 0.774. The molecule has 1 rings (SSSR count). The van der Waals surface area contributed by atoms with Gasteiger partial charge in [-0.3, -0.25) is 0 Å². The zero-order chi connectivity index (χ0) is 13.9. The van der Waals surface area contributed by atoms with E-state index in [0.29, 0.717) is 0 Å². The molecule has 0 aliphatic heterocycles. The van der Waals surface area contributed by atoms with Gasteiger partial charge in [-0.25, -0.2) is 4.79 Å². The van der Waals surface area contributed by atoms with Gasteiger partial charge in [-0.05, 0) is 0 Å². The van der Waals surface area contributed by atoms with E-state index >= 15 is 0 Å². The second-order valence-electron chi connectivity index (χ2n) is 3.09. The lowest BCUT2D eigenvalue weighted by Gasteiger charge is -2.15. The summed E-state index contributed by atoms with van der Waals surface area (Å²) in [5, 5.41) is 0. The molecular weight excluding hydrogens is 250 g/mol. The molecule has 0 atom stereocenters. The molecule has 100 valence electrons. The molecule has 0 saturated carbocycles. The lowest BCUT2D eigenvalue weighted by atomic mass is 10.1. The predicted molar refractivity (Wildman–Crippen MR) is 57.4 cm³/mol. The Balaban J connectivity index is 3.72. The van der Waals surface area contributed by atoms with Crippen molar-refractivity contribution in [1.29, 1.82) is 0 Å². The second kappa shape index (κ2) is 5.52. The van der Waals surface area contributed by atoms with Gasteiger partial charge in [0.25, 0.3) is 0 Å². The molecule has 0 aromatic heterocycles. The van der Waals surface area contributed by atoms with E-state index in [2.05, 4.69) is 9.47 Å². The van der Waals surface area contributed by atoms with E-state index in [1.807, 2.05) is 0 Å². The van der Waals surface area contributed by atoms with Crippen LogP contribution >= 0.6 is 0 Å². The van der Waals surface area contributed by atoms with E-state index in [1.54, 1.807) is 0 Å². The highest BCUT2D eigenvalue weighted by molar-refractivity contribution is 5.96. The maximum absolute atomic E-state index is 13.9. The average molecular weight is 262 g/mol. The van der Waals surface area contributed by atoms with Crippen LogP contribution in [0.3, 0.4) is 0 Å². The number of benzene rings is 1. The summed E-state index contributed by atoms with van der Waals surface area (Å²) in [7, 11) is 4.41. The van der Waals surface area contributed by atoms with Crippen molar-refractivity contribution in [2.24, 2.45) is 0 Å². The number of hydrogen-bond donors (Lipinski definition) is 0. The summed E-state index contributed by atoms with van der Waals surface area (Å²) < 4.78 is 46.2. The van der Waals surface area contributed by atoms with Crippen LogP contribution in [0, 0.1) is 11.6 Å². The average Bonchev–Trinajstić information content (AvgIpc) is 2.37. The highest BCUT2D eigenvalue weighted by atomic mass is 19.1. The molecule has 0 fully saturated rings. The van der Waals surface area contributed by atoms with Crippen LogP contribution in [0.2, 0.25) is 0 Å². The lowest BCUT2D eigenvalue weighted by molar-refractivity contribution is 0.0590. The van der Waals surface area contributed by atoms with Crippen molar-refractivity contribution in [3.05, 3.63) is 17.2 Å². The highest BCUT2D eigenvalue weighted by Gasteiger charge is 2.31. The minimum absolute atomic E-state index is 0.474. The van der Waals surface area contributed by atoms with Gasteiger partial charge in [-0.15, -0.1) is 0 Å². The molecule has 0 bridgehead atoms. The van der Waals surface area contributed by atoms with E-state index in [-0.39, 0.29) is 0 Å². The molecular formula is C11H12F2O5. The number of ether oxygens (including phenoxy) is 4. The monoisotopic (exact) mass is 262 g/mol. The van der Waals surface area contributed by atoms with Crippen LogP contribution in [0.1, 0.15) is 10.4 Å². The van der Waals surface area contributed by atoms with Gasteiger partial charge in [0, 0.05) is 0 Å². The number of methoxy groups -OCH3 is 4. The predicted octanol–water partition coefficient (Wildman–Crippen LogP) is 1.78. The Morgan fingerprint density at radius 1 is 0.833 bits per heavy atom. The Morgan fingerprint density at radius 3 is 1.50 bits per heavy atom. The Morgan fingerprint density at radius 2 is 1.22 bits per heavy atom. The molecule has 0 aliphatic rings. The molecule has 0 amide bonds. The maximum Gasteiger partial charge on any atom is 0.345 e. The molecule has 0 spiro atoms. The molecule has 1 aromatic rings. The third kappa shape index (κ3) is 2.03. The van der Waals surface area contributed by atoms with E-state index < -0.39 is 40.4 Å². The van der Waals surface area contributed by atoms with E-state index in [4.69, 9.17) is 9.47 Å². The molecule has 1 aromatic carbocycles. The van der Waals surface area contributed by atoms with E-state index in [1.165, 1.54) is 0 Å². The first-order valence-electron chi connectivity index (χ1n) is 4.78. The van der Waals surface area contributed by atoms with Crippen molar-refractivity contribution in [3.63, 3.8) is 0 Å². The lowest BCUT2D eigenvalue weighted by Crippen LogP contribution is -2.11. The zero-order valence-corrected chi connectivity index (χ0v) is 10.3. The molecule has 0 saturated heterocycles. The van der Waals surface area contributed by atoms with Crippen LogP contribution in [0.25, 0.3) is 0 Å². The normalized spacial score (nSPS) is 9.89.